The molecule has 1 N–H and O–H groups in total. The van der Waals surface area contributed by atoms with E-state index in [2.05, 4.69) is 31.0 Å². The molecule has 0 aliphatic heterocycles. The van der Waals surface area contributed by atoms with Gasteiger partial charge < -0.3 is 17.7 Å². The number of rotatable bonds is 3. The van der Waals surface area contributed by atoms with Gasteiger partial charge in [0.2, 0.25) is 0 Å². The molecule has 1 rings (SSSR count). The fourth-order valence-corrected chi connectivity index (χ4v) is 1.09. The van der Waals surface area contributed by atoms with E-state index in [1.807, 2.05) is 30.3 Å². The van der Waals surface area contributed by atoms with Crippen molar-refractivity contribution in [3.8, 4) is 11.8 Å². The first kappa shape index (κ1) is 14.0. The molecule has 0 heterocycles. The summed E-state index contributed by atoms with van der Waals surface area (Å²) in [6.07, 6.45) is 0. The SMILES string of the molecule is CC(C)CNCC#Cc1ccccc1.[Cl-]. The second-order valence-electron chi connectivity index (χ2n) is 3.69. The average Bonchev–Trinajstić information content (AvgIpc) is 2.18. The molecule has 0 atom stereocenters. The van der Waals surface area contributed by atoms with Gasteiger partial charge in [-0.15, -0.1) is 0 Å². The van der Waals surface area contributed by atoms with E-state index in [0.717, 1.165) is 18.7 Å². The Morgan fingerprint density at radius 1 is 1.20 bits per heavy atom. The first-order valence-corrected chi connectivity index (χ1v) is 5.03. The average molecular weight is 223 g/mol. The maximum Gasteiger partial charge on any atom is 0.0580 e. The second-order valence-corrected chi connectivity index (χ2v) is 3.69. The van der Waals surface area contributed by atoms with E-state index in [0.29, 0.717) is 5.92 Å². The van der Waals surface area contributed by atoms with Crippen molar-refractivity contribution >= 4 is 0 Å². The summed E-state index contributed by atoms with van der Waals surface area (Å²) in [6, 6.07) is 10.1. The van der Waals surface area contributed by atoms with Crippen LogP contribution in [0.1, 0.15) is 19.4 Å². The molecular weight excluding hydrogens is 206 g/mol. The normalized spacial score (nSPS) is 9.00. The molecule has 15 heavy (non-hydrogen) atoms. The molecule has 0 saturated carbocycles. The Morgan fingerprint density at radius 2 is 1.87 bits per heavy atom. The minimum Gasteiger partial charge on any atom is -1.00 e. The smallest absolute Gasteiger partial charge is 0.0580 e. The predicted octanol–water partition coefficient (Wildman–Crippen LogP) is -0.712. The zero-order chi connectivity index (χ0) is 10.2. The van der Waals surface area contributed by atoms with Crippen LogP contribution in [0.3, 0.4) is 0 Å². The molecule has 0 saturated heterocycles. The largest absolute Gasteiger partial charge is 1.00 e. The van der Waals surface area contributed by atoms with Crippen molar-refractivity contribution in [1.82, 2.24) is 5.32 Å². The van der Waals surface area contributed by atoms with E-state index < -0.39 is 0 Å². The minimum absolute atomic E-state index is 0. The maximum atomic E-state index is 3.28. The Morgan fingerprint density at radius 3 is 2.47 bits per heavy atom. The van der Waals surface area contributed by atoms with Crippen LogP contribution in [0.5, 0.6) is 0 Å². The summed E-state index contributed by atoms with van der Waals surface area (Å²) in [7, 11) is 0. The fraction of sp³-hybridized carbons (Fsp3) is 0.385. The topological polar surface area (TPSA) is 12.0 Å². The molecule has 0 amide bonds. The van der Waals surface area contributed by atoms with Crippen molar-refractivity contribution in [2.75, 3.05) is 13.1 Å². The molecule has 0 fully saturated rings. The highest BCUT2D eigenvalue weighted by Gasteiger charge is 1.89. The van der Waals surface area contributed by atoms with Crippen LogP contribution >= 0.6 is 0 Å². The van der Waals surface area contributed by atoms with Gasteiger partial charge in [-0.05, 0) is 24.6 Å². The molecule has 0 aliphatic rings. The van der Waals surface area contributed by atoms with Gasteiger partial charge in [0.05, 0.1) is 6.54 Å². The van der Waals surface area contributed by atoms with Crippen molar-refractivity contribution < 1.29 is 12.4 Å². The van der Waals surface area contributed by atoms with Gasteiger partial charge in [-0.2, -0.15) is 0 Å². The lowest BCUT2D eigenvalue weighted by molar-refractivity contribution is -0.00000306. The molecular formula is C13H17ClN-. The Labute approximate surface area is 98.7 Å². The molecule has 0 aliphatic carbocycles. The summed E-state index contributed by atoms with van der Waals surface area (Å²) in [5.74, 6) is 6.89. The van der Waals surface area contributed by atoms with Crippen LogP contribution in [0.25, 0.3) is 0 Å². The highest BCUT2D eigenvalue weighted by molar-refractivity contribution is 5.33. The zero-order valence-corrected chi connectivity index (χ0v) is 10.0. The van der Waals surface area contributed by atoms with E-state index in [9.17, 15) is 0 Å². The Bertz CT molecular complexity index is 308. The highest BCUT2D eigenvalue weighted by Crippen LogP contribution is 1.94. The molecule has 2 heteroatoms. The molecule has 1 nitrogen and oxygen atoms in total. The monoisotopic (exact) mass is 222 g/mol. The third kappa shape index (κ3) is 7.02. The standard InChI is InChI=1S/C13H17N.ClH/c1-12(2)11-14-10-6-9-13-7-4-3-5-8-13;/h3-5,7-8,12,14H,10-11H2,1-2H3;1H/p-1. The van der Waals surface area contributed by atoms with Gasteiger partial charge >= 0.3 is 0 Å². The third-order valence-electron chi connectivity index (χ3n) is 1.77. The van der Waals surface area contributed by atoms with E-state index in [-0.39, 0.29) is 12.4 Å². The van der Waals surface area contributed by atoms with Gasteiger partial charge in [0.25, 0.3) is 0 Å². The number of benzene rings is 1. The number of halogens is 1. The van der Waals surface area contributed by atoms with Crippen molar-refractivity contribution in [2.24, 2.45) is 5.92 Å². The molecule has 1 aromatic carbocycles. The first-order chi connectivity index (χ1) is 6.79. The van der Waals surface area contributed by atoms with Crippen LogP contribution in [0.2, 0.25) is 0 Å². The Kier molecular flexibility index (Phi) is 7.81. The van der Waals surface area contributed by atoms with Crippen molar-refractivity contribution in [3.05, 3.63) is 35.9 Å². The molecule has 0 unspecified atom stereocenters. The van der Waals surface area contributed by atoms with Crippen LogP contribution < -0.4 is 17.7 Å². The van der Waals surface area contributed by atoms with E-state index in [1.54, 1.807) is 0 Å². The maximum absolute atomic E-state index is 3.28. The number of nitrogens with one attached hydrogen (secondary N) is 1. The number of hydrogen-bond acceptors (Lipinski definition) is 1. The highest BCUT2D eigenvalue weighted by atomic mass is 35.5. The summed E-state index contributed by atoms with van der Waals surface area (Å²) >= 11 is 0. The summed E-state index contributed by atoms with van der Waals surface area (Å²) in [6.45, 7) is 6.19. The molecule has 82 valence electrons. The summed E-state index contributed by atoms with van der Waals surface area (Å²) in [5.41, 5.74) is 1.08. The minimum atomic E-state index is 0. The Balaban J connectivity index is 0.00000196. The van der Waals surface area contributed by atoms with Crippen molar-refractivity contribution in [2.45, 2.75) is 13.8 Å². The van der Waals surface area contributed by atoms with E-state index in [4.69, 9.17) is 0 Å². The number of hydrogen-bond donors (Lipinski definition) is 1. The fourth-order valence-electron chi connectivity index (χ4n) is 1.09. The van der Waals surface area contributed by atoms with Crippen molar-refractivity contribution in [3.63, 3.8) is 0 Å². The first-order valence-electron chi connectivity index (χ1n) is 5.03. The summed E-state index contributed by atoms with van der Waals surface area (Å²) in [4.78, 5) is 0. The van der Waals surface area contributed by atoms with Crippen LogP contribution in [-0.4, -0.2) is 13.1 Å². The molecule has 0 radical (unpaired) electrons. The van der Waals surface area contributed by atoms with Gasteiger partial charge in [0, 0.05) is 5.56 Å². The van der Waals surface area contributed by atoms with Gasteiger partial charge in [-0.25, -0.2) is 0 Å². The van der Waals surface area contributed by atoms with Gasteiger partial charge in [-0.3, -0.25) is 0 Å². The van der Waals surface area contributed by atoms with Crippen LogP contribution in [0.4, 0.5) is 0 Å². The lowest BCUT2D eigenvalue weighted by atomic mass is 10.2. The predicted molar refractivity (Wildman–Crippen MR) is 61.0 cm³/mol. The van der Waals surface area contributed by atoms with Gasteiger partial charge in [-0.1, -0.05) is 43.9 Å². The summed E-state index contributed by atoms with van der Waals surface area (Å²) < 4.78 is 0. The van der Waals surface area contributed by atoms with Crippen LogP contribution in [0, 0.1) is 17.8 Å². The molecule has 0 aromatic heterocycles. The molecule has 0 bridgehead atoms. The summed E-state index contributed by atoms with van der Waals surface area (Å²) in [5, 5.41) is 3.28. The van der Waals surface area contributed by atoms with Crippen molar-refractivity contribution in [1.29, 1.82) is 0 Å². The van der Waals surface area contributed by atoms with Gasteiger partial charge in [0.1, 0.15) is 0 Å². The lowest BCUT2D eigenvalue weighted by Gasteiger charge is -2.02. The quantitative estimate of drug-likeness (QED) is 0.526. The van der Waals surface area contributed by atoms with E-state index >= 15 is 0 Å². The van der Waals surface area contributed by atoms with Gasteiger partial charge in [0.15, 0.2) is 0 Å². The second kappa shape index (κ2) is 8.35. The van der Waals surface area contributed by atoms with Crippen LogP contribution in [0.15, 0.2) is 30.3 Å². The molecule has 1 aromatic rings. The Hall–Kier alpha value is -0.970. The molecule has 0 spiro atoms. The van der Waals surface area contributed by atoms with E-state index in [1.165, 1.54) is 0 Å². The van der Waals surface area contributed by atoms with Crippen LogP contribution in [-0.2, 0) is 0 Å². The zero-order valence-electron chi connectivity index (χ0n) is 9.26. The lowest BCUT2D eigenvalue weighted by Crippen LogP contribution is -3.00. The third-order valence-corrected chi connectivity index (χ3v) is 1.77.